The van der Waals surface area contributed by atoms with Gasteiger partial charge in [0, 0.05) is 5.03 Å². The maximum absolute atomic E-state index is 5.87. The molecule has 0 amide bonds. The van der Waals surface area contributed by atoms with Crippen molar-refractivity contribution >= 4 is 11.6 Å². The highest BCUT2D eigenvalue weighted by atomic mass is 35.5. The summed E-state index contributed by atoms with van der Waals surface area (Å²) in [6.45, 7) is 12.2. The van der Waals surface area contributed by atoms with Gasteiger partial charge in [-0.15, -0.1) is 0 Å². The Morgan fingerprint density at radius 1 is 1.00 bits per heavy atom. The van der Waals surface area contributed by atoms with Crippen molar-refractivity contribution < 1.29 is 0 Å². The largest absolute Gasteiger partial charge is 0.0844 e. The van der Waals surface area contributed by atoms with Crippen molar-refractivity contribution in [2.45, 2.75) is 54.4 Å². The molecule has 0 radical (unpaired) electrons. The minimum atomic E-state index is 0.943. The van der Waals surface area contributed by atoms with Crippen molar-refractivity contribution in [3.05, 3.63) is 22.3 Å². The van der Waals surface area contributed by atoms with Gasteiger partial charge in [0.2, 0.25) is 0 Å². The van der Waals surface area contributed by atoms with Crippen LogP contribution in [0.1, 0.15) is 54.4 Å². The zero-order chi connectivity index (χ0) is 10.9. The van der Waals surface area contributed by atoms with E-state index in [2.05, 4.69) is 19.9 Å². The molecule has 1 heteroatoms. The second kappa shape index (κ2) is 9.85. The highest BCUT2D eigenvalue weighted by molar-refractivity contribution is 6.31. The summed E-state index contributed by atoms with van der Waals surface area (Å²) in [6, 6.07) is 0. The predicted octanol–water partition coefficient (Wildman–Crippen LogP) is 5.29. The van der Waals surface area contributed by atoms with E-state index in [1.54, 1.807) is 0 Å². The molecule has 0 fully saturated rings. The Bertz CT molecular complexity index is 176. The average molecular weight is 203 g/mol. The van der Waals surface area contributed by atoms with Crippen molar-refractivity contribution in [1.82, 2.24) is 0 Å². The SMILES string of the molecule is CC.CC.CC1=CC(Cl)=C(C)CC1. The van der Waals surface area contributed by atoms with Crippen molar-refractivity contribution in [3.8, 4) is 0 Å². The van der Waals surface area contributed by atoms with E-state index in [1.807, 2.05) is 27.7 Å². The molecule has 0 spiro atoms. The second-order valence-corrected chi connectivity index (χ2v) is 3.03. The summed E-state index contributed by atoms with van der Waals surface area (Å²) in [7, 11) is 0. The molecule has 0 aromatic heterocycles. The lowest BCUT2D eigenvalue weighted by Crippen LogP contribution is -1.89. The van der Waals surface area contributed by atoms with Crippen LogP contribution < -0.4 is 0 Å². The van der Waals surface area contributed by atoms with Gasteiger partial charge < -0.3 is 0 Å². The molecule has 0 saturated carbocycles. The Labute approximate surface area is 88.7 Å². The van der Waals surface area contributed by atoms with Gasteiger partial charge in [0.05, 0.1) is 0 Å². The van der Waals surface area contributed by atoms with Crippen molar-refractivity contribution in [3.63, 3.8) is 0 Å². The third-order valence-corrected chi connectivity index (χ3v) is 2.11. The van der Waals surface area contributed by atoms with Crippen LogP contribution in [-0.2, 0) is 0 Å². The molecule has 0 atom stereocenters. The minimum Gasteiger partial charge on any atom is -0.0844 e. The first-order valence-corrected chi connectivity index (χ1v) is 5.60. The summed E-state index contributed by atoms with van der Waals surface area (Å²) in [5.41, 5.74) is 2.72. The highest BCUT2D eigenvalue weighted by Gasteiger charge is 2.03. The summed E-state index contributed by atoms with van der Waals surface area (Å²) < 4.78 is 0. The van der Waals surface area contributed by atoms with Gasteiger partial charge in [-0.2, -0.15) is 0 Å². The molecule has 1 aliphatic carbocycles. The number of halogens is 1. The van der Waals surface area contributed by atoms with Gasteiger partial charge in [-0.05, 0) is 32.8 Å². The van der Waals surface area contributed by atoms with Crippen molar-refractivity contribution in [2.75, 3.05) is 0 Å². The molecule has 0 N–H and O–H groups in total. The fraction of sp³-hybridized carbons (Fsp3) is 0.667. The number of hydrogen-bond donors (Lipinski definition) is 0. The molecular formula is C12H23Cl. The lowest BCUT2D eigenvalue weighted by Gasteiger charge is -2.09. The summed E-state index contributed by atoms with van der Waals surface area (Å²) in [5, 5.41) is 0.943. The molecular weight excluding hydrogens is 180 g/mol. The van der Waals surface area contributed by atoms with Gasteiger partial charge in [-0.1, -0.05) is 50.4 Å². The van der Waals surface area contributed by atoms with Crippen LogP contribution >= 0.6 is 11.6 Å². The molecule has 0 aliphatic heterocycles. The quantitative estimate of drug-likeness (QED) is 0.501. The van der Waals surface area contributed by atoms with E-state index in [1.165, 1.54) is 17.6 Å². The Morgan fingerprint density at radius 2 is 1.46 bits per heavy atom. The molecule has 1 aliphatic rings. The molecule has 0 saturated heterocycles. The summed E-state index contributed by atoms with van der Waals surface area (Å²) in [6.07, 6.45) is 4.38. The van der Waals surface area contributed by atoms with Crippen LogP contribution in [0.3, 0.4) is 0 Å². The first-order chi connectivity index (χ1) is 6.20. The van der Waals surface area contributed by atoms with E-state index in [4.69, 9.17) is 11.6 Å². The van der Waals surface area contributed by atoms with E-state index in [-0.39, 0.29) is 0 Å². The maximum atomic E-state index is 5.87. The monoisotopic (exact) mass is 202 g/mol. The van der Waals surface area contributed by atoms with E-state index < -0.39 is 0 Å². The first kappa shape index (κ1) is 15.3. The molecule has 0 unspecified atom stereocenters. The average Bonchev–Trinajstić information content (AvgIpc) is 2.18. The Balaban J connectivity index is 0. The fourth-order valence-electron chi connectivity index (χ4n) is 0.916. The zero-order valence-corrected chi connectivity index (χ0v) is 10.6. The third-order valence-electron chi connectivity index (χ3n) is 1.68. The van der Waals surface area contributed by atoms with E-state index in [0.29, 0.717) is 0 Å². The number of rotatable bonds is 0. The van der Waals surface area contributed by atoms with Gasteiger partial charge >= 0.3 is 0 Å². The summed E-state index contributed by atoms with van der Waals surface area (Å²) >= 11 is 5.87. The molecule has 0 aromatic rings. The van der Waals surface area contributed by atoms with Crippen molar-refractivity contribution in [2.24, 2.45) is 0 Å². The first-order valence-electron chi connectivity index (χ1n) is 5.22. The molecule has 0 bridgehead atoms. The number of hydrogen-bond acceptors (Lipinski definition) is 0. The van der Waals surface area contributed by atoms with E-state index in [0.717, 1.165) is 11.5 Å². The van der Waals surface area contributed by atoms with E-state index >= 15 is 0 Å². The second-order valence-electron chi connectivity index (χ2n) is 2.62. The van der Waals surface area contributed by atoms with Crippen LogP contribution in [0.15, 0.2) is 22.3 Å². The Morgan fingerprint density at radius 3 is 1.77 bits per heavy atom. The lowest BCUT2D eigenvalue weighted by molar-refractivity contribution is 0.901. The van der Waals surface area contributed by atoms with E-state index in [9.17, 15) is 0 Å². The van der Waals surface area contributed by atoms with Gasteiger partial charge in [-0.3, -0.25) is 0 Å². The van der Waals surface area contributed by atoms with Crippen LogP contribution in [0.4, 0.5) is 0 Å². The summed E-state index contributed by atoms with van der Waals surface area (Å²) in [5.74, 6) is 0. The normalized spacial score (nSPS) is 14.8. The summed E-state index contributed by atoms with van der Waals surface area (Å²) in [4.78, 5) is 0. The van der Waals surface area contributed by atoms with Crippen LogP contribution in [0.2, 0.25) is 0 Å². The number of allylic oxidation sites excluding steroid dienone is 4. The molecule has 0 nitrogen and oxygen atoms in total. The zero-order valence-electron chi connectivity index (χ0n) is 9.87. The minimum absolute atomic E-state index is 0.943. The molecule has 1 rings (SSSR count). The van der Waals surface area contributed by atoms with Crippen LogP contribution in [-0.4, -0.2) is 0 Å². The maximum Gasteiger partial charge on any atom is 0.0394 e. The Hall–Kier alpha value is -0.230. The van der Waals surface area contributed by atoms with Crippen LogP contribution in [0, 0.1) is 0 Å². The van der Waals surface area contributed by atoms with Gasteiger partial charge in [0.1, 0.15) is 0 Å². The molecule has 0 aromatic carbocycles. The topological polar surface area (TPSA) is 0 Å². The third kappa shape index (κ3) is 6.89. The predicted molar refractivity (Wildman–Crippen MR) is 64.2 cm³/mol. The standard InChI is InChI=1S/C8H11Cl.2C2H6/c1-6-3-4-7(2)8(9)5-6;2*1-2/h5H,3-4H2,1-2H3;2*1-2H3. The van der Waals surface area contributed by atoms with Gasteiger partial charge in [0.25, 0.3) is 0 Å². The molecule has 13 heavy (non-hydrogen) atoms. The highest BCUT2D eigenvalue weighted by Crippen LogP contribution is 2.25. The van der Waals surface area contributed by atoms with Crippen molar-refractivity contribution in [1.29, 1.82) is 0 Å². The van der Waals surface area contributed by atoms with Crippen LogP contribution in [0.25, 0.3) is 0 Å². The molecule has 0 heterocycles. The molecule has 78 valence electrons. The lowest BCUT2D eigenvalue weighted by atomic mass is 10.0. The smallest absolute Gasteiger partial charge is 0.0394 e. The Kier molecular flexibility index (Phi) is 11.6. The van der Waals surface area contributed by atoms with Gasteiger partial charge in [-0.25, -0.2) is 0 Å². The van der Waals surface area contributed by atoms with Crippen LogP contribution in [0.5, 0.6) is 0 Å². The fourth-order valence-corrected chi connectivity index (χ4v) is 1.20. The van der Waals surface area contributed by atoms with Gasteiger partial charge in [0.15, 0.2) is 0 Å².